The van der Waals surface area contributed by atoms with Crippen LogP contribution in [-0.4, -0.2) is 47.2 Å². The van der Waals surface area contributed by atoms with Gasteiger partial charge < -0.3 is 14.8 Å². The van der Waals surface area contributed by atoms with Crippen molar-refractivity contribution >= 4 is 81.4 Å². The number of nitrogens with one attached hydrogen (secondary N) is 1. The van der Waals surface area contributed by atoms with Gasteiger partial charge in [-0.2, -0.15) is 0 Å². The molecule has 0 spiro atoms. The number of esters is 1. The van der Waals surface area contributed by atoms with E-state index in [0.29, 0.717) is 37.6 Å². The summed E-state index contributed by atoms with van der Waals surface area (Å²) in [5, 5.41) is 2.89. The molecule has 0 radical (unpaired) electrons. The van der Waals surface area contributed by atoms with Gasteiger partial charge in [0.1, 0.15) is 17.5 Å². The molecular weight excluding hydrogens is 673 g/mol. The number of benzene rings is 3. The van der Waals surface area contributed by atoms with Gasteiger partial charge in [0.15, 0.2) is 0 Å². The number of halogens is 2. The predicted molar refractivity (Wildman–Crippen MR) is 177 cm³/mol. The molecule has 3 amide bonds. The molecule has 1 N–H and O–H groups in total. The molecule has 46 heavy (non-hydrogen) atoms. The zero-order valence-electron chi connectivity index (χ0n) is 24.3. The molecule has 2 aliphatic heterocycles. The van der Waals surface area contributed by atoms with Crippen molar-refractivity contribution in [2.75, 3.05) is 23.9 Å². The molecule has 14 heteroatoms. The maximum atomic E-state index is 14.1. The summed E-state index contributed by atoms with van der Waals surface area (Å²) >= 11 is 14.1. The van der Waals surface area contributed by atoms with Crippen molar-refractivity contribution in [1.29, 1.82) is 0 Å². The predicted octanol–water partition coefficient (Wildman–Crippen LogP) is 5.84. The van der Waals surface area contributed by atoms with Crippen LogP contribution in [0.15, 0.2) is 76.6 Å². The third-order valence-electron chi connectivity index (χ3n) is 7.67. The summed E-state index contributed by atoms with van der Waals surface area (Å²) in [6, 6.07) is 17.8. The van der Waals surface area contributed by atoms with Crippen molar-refractivity contribution in [2.45, 2.75) is 29.7 Å². The van der Waals surface area contributed by atoms with E-state index in [1.165, 1.54) is 34.9 Å². The number of aromatic nitrogens is 1. The van der Waals surface area contributed by atoms with Gasteiger partial charge in [0.2, 0.25) is 17.7 Å². The standard InChI is InChI=1S/C32H25Cl2N3O7S2/c1-3-44-31(41)17-4-9-19(10-5-17)37-28(39)25-24(16-6-11-20(43-2)12-7-16)27-30(45-26(25)29(37)40)36(32(42)46-27)15-23(38)35-18-8-13-21(33)22(34)14-18/h4-14,24-26H,3,15H2,1-2H3,(H,35,38)/t24-,25-,26+/m0/s1. The molecule has 1 fully saturated rings. The van der Waals surface area contributed by atoms with Gasteiger partial charge in [-0.3, -0.25) is 23.7 Å². The highest BCUT2D eigenvalue weighted by Crippen LogP contribution is 2.54. The number of imide groups is 1. The quantitative estimate of drug-likeness (QED) is 0.180. The number of thioether (sulfide) groups is 1. The first kappa shape index (κ1) is 31.9. The van der Waals surface area contributed by atoms with Crippen LogP contribution >= 0.6 is 46.3 Å². The highest BCUT2D eigenvalue weighted by molar-refractivity contribution is 8.00. The largest absolute Gasteiger partial charge is 0.497 e. The number of carbonyl (C=O) groups excluding carboxylic acids is 4. The Bertz CT molecular complexity index is 1930. The molecule has 0 bridgehead atoms. The maximum absolute atomic E-state index is 14.1. The van der Waals surface area contributed by atoms with Crippen molar-refractivity contribution in [2.24, 2.45) is 5.92 Å². The highest BCUT2D eigenvalue weighted by atomic mass is 35.5. The molecule has 0 aliphatic carbocycles. The number of amides is 3. The lowest BCUT2D eigenvalue weighted by Crippen LogP contribution is -2.33. The van der Waals surface area contributed by atoms with Gasteiger partial charge in [-0.15, -0.1) is 0 Å². The number of anilines is 2. The first-order valence-corrected chi connectivity index (χ1v) is 16.5. The maximum Gasteiger partial charge on any atom is 0.338 e. The third-order valence-corrected chi connectivity index (χ3v) is 11.0. The minimum absolute atomic E-state index is 0.212. The highest BCUT2D eigenvalue weighted by Gasteiger charge is 2.56. The number of hydrogen-bond donors (Lipinski definition) is 1. The Morgan fingerprint density at radius 3 is 2.30 bits per heavy atom. The van der Waals surface area contributed by atoms with Crippen LogP contribution < -0.4 is 19.8 Å². The topological polar surface area (TPSA) is 124 Å². The Balaban J connectivity index is 1.37. The van der Waals surface area contributed by atoms with Crippen LogP contribution in [0.3, 0.4) is 0 Å². The Kier molecular flexibility index (Phi) is 8.97. The molecule has 3 atom stereocenters. The summed E-state index contributed by atoms with van der Waals surface area (Å²) in [7, 11) is 1.54. The Labute approximate surface area is 281 Å². The molecule has 6 rings (SSSR count). The van der Waals surface area contributed by atoms with E-state index in [1.807, 2.05) is 0 Å². The number of thiazole rings is 1. The second kappa shape index (κ2) is 13.0. The Morgan fingerprint density at radius 2 is 1.65 bits per heavy atom. The minimum Gasteiger partial charge on any atom is -0.497 e. The summed E-state index contributed by atoms with van der Waals surface area (Å²) < 4.78 is 11.7. The average molecular weight is 699 g/mol. The van der Waals surface area contributed by atoms with Crippen LogP contribution in [0.4, 0.5) is 11.4 Å². The van der Waals surface area contributed by atoms with Crippen LogP contribution in [0, 0.1) is 5.92 Å². The second-order valence-corrected chi connectivity index (χ2v) is 13.3. The van der Waals surface area contributed by atoms with E-state index < -0.39 is 45.6 Å². The van der Waals surface area contributed by atoms with Crippen molar-refractivity contribution in [3.05, 3.63) is 102 Å². The van der Waals surface area contributed by atoms with Gasteiger partial charge in [-0.1, -0.05) is 58.4 Å². The van der Waals surface area contributed by atoms with Gasteiger partial charge in [-0.25, -0.2) is 9.69 Å². The van der Waals surface area contributed by atoms with Gasteiger partial charge >= 0.3 is 10.8 Å². The fourth-order valence-electron chi connectivity index (χ4n) is 5.56. The zero-order chi connectivity index (χ0) is 32.7. The van der Waals surface area contributed by atoms with E-state index >= 15 is 0 Å². The molecule has 3 heterocycles. The Hall–Kier alpha value is -4.10. The summed E-state index contributed by atoms with van der Waals surface area (Å²) in [5.41, 5.74) is 1.72. The molecule has 1 aromatic heterocycles. The average Bonchev–Trinajstić information content (AvgIpc) is 3.49. The number of ether oxygens (including phenoxy) is 2. The van der Waals surface area contributed by atoms with Gasteiger partial charge in [-0.05, 0) is 67.1 Å². The summed E-state index contributed by atoms with van der Waals surface area (Å²) in [5.74, 6) is -2.76. The van der Waals surface area contributed by atoms with E-state index in [1.54, 1.807) is 50.4 Å². The molecule has 1 saturated heterocycles. The van der Waals surface area contributed by atoms with Crippen LogP contribution in [0.5, 0.6) is 5.75 Å². The minimum atomic E-state index is -0.879. The molecule has 2 aliphatic rings. The molecular formula is C32H25Cl2N3O7S2. The smallest absolute Gasteiger partial charge is 0.338 e. The fourth-order valence-corrected chi connectivity index (χ4v) is 8.63. The summed E-state index contributed by atoms with van der Waals surface area (Å²) in [6.45, 7) is 1.59. The molecule has 236 valence electrons. The van der Waals surface area contributed by atoms with Crippen molar-refractivity contribution < 1.29 is 28.7 Å². The van der Waals surface area contributed by atoms with Crippen molar-refractivity contribution in [1.82, 2.24) is 4.57 Å². The van der Waals surface area contributed by atoms with E-state index in [0.717, 1.165) is 28.0 Å². The number of carbonyl (C=O) groups is 4. The van der Waals surface area contributed by atoms with Crippen molar-refractivity contribution in [3.8, 4) is 5.75 Å². The second-order valence-electron chi connectivity index (χ2n) is 10.4. The van der Waals surface area contributed by atoms with E-state index in [-0.39, 0.29) is 23.7 Å². The van der Waals surface area contributed by atoms with E-state index in [2.05, 4.69) is 5.32 Å². The fraction of sp³-hybridized carbons (Fsp3) is 0.219. The molecule has 0 unspecified atom stereocenters. The van der Waals surface area contributed by atoms with E-state index in [9.17, 15) is 24.0 Å². The summed E-state index contributed by atoms with van der Waals surface area (Å²) in [6.07, 6.45) is 0. The summed E-state index contributed by atoms with van der Waals surface area (Å²) in [4.78, 5) is 68.1. The first-order valence-electron chi connectivity index (χ1n) is 14.0. The molecule has 0 saturated carbocycles. The normalized spacial score (nSPS) is 18.6. The number of hydrogen-bond acceptors (Lipinski definition) is 9. The van der Waals surface area contributed by atoms with Gasteiger partial charge in [0.25, 0.3) is 0 Å². The van der Waals surface area contributed by atoms with E-state index in [4.69, 9.17) is 32.7 Å². The SMILES string of the molecule is CCOC(=O)c1ccc(N2C(=O)[C@H]3[C@H](c4ccc(OC)cc4)c4sc(=O)n(CC(=O)Nc5ccc(Cl)c(Cl)c5)c4S[C@H]3C2=O)cc1. The zero-order valence-corrected chi connectivity index (χ0v) is 27.5. The first-order chi connectivity index (χ1) is 22.1. The number of rotatable bonds is 8. The third kappa shape index (κ3) is 5.81. The van der Waals surface area contributed by atoms with Gasteiger partial charge in [0.05, 0.1) is 46.0 Å². The number of fused-ring (bicyclic) bond motifs is 2. The van der Waals surface area contributed by atoms with Crippen LogP contribution in [0.2, 0.25) is 10.0 Å². The van der Waals surface area contributed by atoms with Crippen LogP contribution in [0.1, 0.15) is 33.6 Å². The monoisotopic (exact) mass is 697 g/mol. The number of nitrogens with zero attached hydrogens (tertiary/aromatic N) is 2. The van der Waals surface area contributed by atoms with Gasteiger partial charge in [0, 0.05) is 16.5 Å². The molecule has 3 aromatic carbocycles. The molecule has 4 aromatic rings. The lowest BCUT2D eigenvalue weighted by molar-refractivity contribution is -0.122. The molecule has 10 nitrogen and oxygen atoms in total. The van der Waals surface area contributed by atoms with Crippen LogP contribution in [-0.2, 0) is 25.7 Å². The lowest BCUT2D eigenvalue weighted by atomic mass is 9.83. The lowest BCUT2D eigenvalue weighted by Gasteiger charge is -2.30. The van der Waals surface area contributed by atoms with Crippen LogP contribution in [0.25, 0.3) is 0 Å². The Morgan fingerprint density at radius 1 is 0.935 bits per heavy atom. The van der Waals surface area contributed by atoms with Crippen molar-refractivity contribution in [3.63, 3.8) is 0 Å². The number of methoxy groups -OCH3 is 1.